The summed E-state index contributed by atoms with van der Waals surface area (Å²) in [4.78, 5) is 24.2. The van der Waals surface area contributed by atoms with Crippen LogP contribution < -0.4 is 20.2 Å². The number of methoxy groups -OCH3 is 1. The van der Waals surface area contributed by atoms with E-state index in [1.165, 1.54) is 25.5 Å². The molecule has 0 aromatic heterocycles. The van der Waals surface area contributed by atoms with Gasteiger partial charge in [0, 0.05) is 15.7 Å². The summed E-state index contributed by atoms with van der Waals surface area (Å²) in [6.07, 6.45) is 1.52. The summed E-state index contributed by atoms with van der Waals surface area (Å²) in [5.41, 5.74) is 5.50. The van der Waals surface area contributed by atoms with Crippen molar-refractivity contribution in [2.75, 3.05) is 19.0 Å². The van der Waals surface area contributed by atoms with Gasteiger partial charge in [0.05, 0.1) is 19.7 Å². The van der Waals surface area contributed by atoms with Gasteiger partial charge >= 0.3 is 0 Å². The molecule has 3 aromatic carbocycles. The van der Waals surface area contributed by atoms with Gasteiger partial charge in [-0.25, -0.2) is 9.82 Å². The quantitative estimate of drug-likeness (QED) is 0.314. The van der Waals surface area contributed by atoms with Gasteiger partial charge in [0.15, 0.2) is 18.1 Å². The Hall–Kier alpha value is -3.72. The zero-order chi connectivity index (χ0) is 24.5. The zero-order valence-corrected chi connectivity index (χ0v) is 20.2. The van der Waals surface area contributed by atoms with E-state index in [1.807, 2.05) is 31.2 Å². The minimum atomic E-state index is -0.361. The van der Waals surface area contributed by atoms with E-state index in [0.29, 0.717) is 32.8 Å². The van der Waals surface area contributed by atoms with Crippen LogP contribution in [0.15, 0.2) is 70.2 Å². The molecule has 9 heteroatoms. The van der Waals surface area contributed by atoms with Crippen LogP contribution in [0.3, 0.4) is 0 Å². The Morgan fingerprint density at radius 2 is 1.74 bits per heavy atom. The molecule has 2 amide bonds. The average molecular weight is 528 g/mol. The lowest BCUT2D eigenvalue weighted by Gasteiger charge is -2.13. The van der Waals surface area contributed by atoms with Crippen molar-refractivity contribution >= 4 is 39.6 Å². The number of benzene rings is 3. The van der Waals surface area contributed by atoms with Gasteiger partial charge in [-0.05, 0) is 64.8 Å². The Morgan fingerprint density at radius 3 is 2.41 bits per heavy atom. The second-order valence-electron chi connectivity index (χ2n) is 7.32. The molecule has 0 saturated carbocycles. The van der Waals surface area contributed by atoms with Crippen molar-refractivity contribution in [3.8, 4) is 11.5 Å². The molecule has 2 N–H and O–H groups in total. The highest BCUT2D eigenvalue weighted by molar-refractivity contribution is 9.10. The summed E-state index contributed by atoms with van der Waals surface area (Å²) in [6, 6.07) is 16.4. The predicted octanol–water partition coefficient (Wildman–Crippen LogP) is 4.62. The molecule has 0 heterocycles. The fraction of sp³-hybridized carbons (Fsp3) is 0.160. The number of amides is 2. The van der Waals surface area contributed by atoms with Gasteiger partial charge < -0.3 is 14.8 Å². The molecular formula is C25H23BrFN3O4. The van der Waals surface area contributed by atoms with Crippen LogP contribution in [0.4, 0.5) is 10.1 Å². The molecule has 3 rings (SSSR count). The van der Waals surface area contributed by atoms with Crippen molar-refractivity contribution in [2.24, 2.45) is 5.10 Å². The Kier molecular flexibility index (Phi) is 8.75. The molecule has 0 spiro atoms. The van der Waals surface area contributed by atoms with Crippen LogP contribution in [0.1, 0.15) is 16.7 Å². The molecule has 0 unspecified atom stereocenters. The normalized spacial score (nSPS) is 10.7. The lowest BCUT2D eigenvalue weighted by Crippen LogP contribution is -2.20. The number of hydrogen-bond donors (Lipinski definition) is 2. The third-order valence-electron chi connectivity index (χ3n) is 4.65. The first-order valence-electron chi connectivity index (χ1n) is 10.3. The predicted molar refractivity (Wildman–Crippen MR) is 132 cm³/mol. The van der Waals surface area contributed by atoms with Gasteiger partial charge in [0.1, 0.15) is 5.82 Å². The maximum absolute atomic E-state index is 13.0. The van der Waals surface area contributed by atoms with Crippen LogP contribution in [-0.2, 0) is 16.0 Å². The summed E-state index contributed by atoms with van der Waals surface area (Å²) in [6.45, 7) is 1.76. The highest BCUT2D eigenvalue weighted by Gasteiger charge is 2.12. The van der Waals surface area contributed by atoms with Crippen molar-refractivity contribution < 1.29 is 23.5 Å². The van der Waals surface area contributed by atoms with Crippen molar-refractivity contribution in [3.63, 3.8) is 0 Å². The third kappa shape index (κ3) is 7.41. The third-order valence-corrected chi connectivity index (χ3v) is 5.33. The Labute approximate surface area is 205 Å². The topological polar surface area (TPSA) is 89.0 Å². The van der Waals surface area contributed by atoms with Crippen LogP contribution in [0.2, 0.25) is 0 Å². The van der Waals surface area contributed by atoms with Gasteiger partial charge in [-0.1, -0.05) is 29.8 Å². The Morgan fingerprint density at radius 1 is 1.03 bits per heavy atom. The number of nitrogens with one attached hydrogen (secondary N) is 2. The van der Waals surface area contributed by atoms with Crippen LogP contribution in [0.25, 0.3) is 0 Å². The summed E-state index contributed by atoms with van der Waals surface area (Å²) in [5, 5.41) is 6.72. The van der Waals surface area contributed by atoms with E-state index in [0.717, 1.165) is 5.56 Å². The Balaban J connectivity index is 1.57. The summed E-state index contributed by atoms with van der Waals surface area (Å²) in [5.74, 6) is -0.251. The number of anilines is 1. The van der Waals surface area contributed by atoms with Crippen molar-refractivity contribution in [1.82, 2.24) is 5.43 Å². The molecule has 0 aliphatic heterocycles. The molecule has 176 valence electrons. The van der Waals surface area contributed by atoms with Crippen LogP contribution in [0, 0.1) is 12.7 Å². The molecule has 34 heavy (non-hydrogen) atoms. The van der Waals surface area contributed by atoms with Crippen molar-refractivity contribution in [3.05, 3.63) is 87.6 Å². The molecule has 0 aliphatic carbocycles. The Bertz CT molecular complexity index is 1180. The number of ether oxygens (including phenoxy) is 2. The first-order valence-corrected chi connectivity index (χ1v) is 11.1. The lowest BCUT2D eigenvalue weighted by atomic mass is 10.1. The average Bonchev–Trinajstić information content (AvgIpc) is 2.82. The van der Waals surface area contributed by atoms with E-state index < -0.39 is 0 Å². The number of carbonyl (C=O) groups is 2. The maximum Gasteiger partial charge on any atom is 0.262 e. The van der Waals surface area contributed by atoms with Crippen LogP contribution >= 0.6 is 15.9 Å². The highest BCUT2D eigenvalue weighted by Crippen LogP contribution is 2.33. The SMILES string of the molecule is COc1cc(/C=N/NC(=O)Cc2ccc(F)cc2)c(Br)cc1OCC(=O)Nc1ccc(C)cc1. The number of aryl methyl sites for hydroxylation is 1. The summed E-state index contributed by atoms with van der Waals surface area (Å²) >= 11 is 3.43. The summed E-state index contributed by atoms with van der Waals surface area (Å²) in [7, 11) is 1.48. The van der Waals surface area contributed by atoms with Crippen LogP contribution in [-0.4, -0.2) is 31.7 Å². The van der Waals surface area contributed by atoms with Gasteiger partial charge in [0.25, 0.3) is 5.91 Å². The highest BCUT2D eigenvalue weighted by atomic mass is 79.9. The number of rotatable bonds is 9. The molecule has 0 saturated heterocycles. The molecule has 0 fully saturated rings. The molecule has 0 aliphatic rings. The molecule has 3 aromatic rings. The number of carbonyl (C=O) groups excluding carboxylic acids is 2. The lowest BCUT2D eigenvalue weighted by molar-refractivity contribution is -0.120. The van der Waals surface area contributed by atoms with E-state index in [4.69, 9.17) is 9.47 Å². The zero-order valence-electron chi connectivity index (χ0n) is 18.6. The fourth-order valence-corrected chi connectivity index (χ4v) is 3.33. The molecule has 0 bridgehead atoms. The molecular weight excluding hydrogens is 505 g/mol. The smallest absolute Gasteiger partial charge is 0.262 e. The minimum Gasteiger partial charge on any atom is -0.493 e. The number of hydrogen-bond acceptors (Lipinski definition) is 5. The van der Waals surface area contributed by atoms with Gasteiger partial charge in [-0.2, -0.15) is 5.10 Å². The first-order chi connectivity index (χ1) is 16.3. The van der Waals surface area contributed by atoms with E-state index in [1.54, 1.807) is 24.3 Å². The molecule has 7 nitrogen and oxygen atoms in total. The summed E-state index contributed by atoms with van der Waals surface area (Å²) < 4.78 is 24.6. The van der Waals surface area contributed by atoms with Crippen LogP contribution in [0.5, 0.6) is 11.5 Å². The standard InChI is InChI=1S/C25H23BrFN3O4/c1-16-3-9-20(10-4-16)29-25(32)15-34-23-13-21(26)18(12-22(23)33-2)14-28-30-24(31)11-17-5-7-19(27)8-6-17/h3-10,12-14H,11,15H2,1-2H3,(H,29,32)(H,30,31)/b28-14+. The largest absolute Gasteiger partial charge is 0.493 e. The second-order valence-corrected chi connectivity index (χ2v) is 8.18. The van der Waals surface area contributed by atoms with E-state index in [-0.39, 0.29) is 30.7 Å². The van der Waals surface area contributed by atoms with Gasteiger partial charge in [0.2, 0.25) is 5.91 Å². The van der Waals surface area contributed by atoms with E-state index >= 15 is 0 Å². The van der Waals surface area contributed by atoms with Crippen molar-refractivity contribution in [2.45, 2.75) is 13.3 Å². The monoisotopic (exact) mass is 527 g/mol. The van der Waals surface area contributed by atoms with Gasteiger partial charge in [-0.15, -0.1) is 0 Å². The first kappa shape index (κ1) is 24.9. The second kappa shape index (κ2) is 11.9. The number of hydrazone groups is 1. The molecule has 0 radical (unpaired) electrons. The maximum atomic E-state index is 13.0. The number of halogens is 2. The van der Waals surface area contributed by atoms with E-state index in [2.05, 4.69) is 31.8 Å². The van der Waals surface area contributed by atoms with Crippen molar-refractivity contribution in [1.29, 1.82) is 0 Å². The number of nitrogens with zero attached hydrogens (tertiary/aromatic N) is 1. The van der Waals surface area contributed by atoms with Gasteiger partial charge in [-0.3, -0.25) is 9.59 Å². The van der Waals surface area contributed by atoms with E-state index in [9.17, 15) is 14.0 Å². The molecule has 0 atom stereocenters. The minimum absolute atomic E-state index is 0.0690. The fourth-order valence-electron chi connectivity index (χ4n) is 2.90.